The Morgan fingerprint density at radius 2 is 2.25 bits per heavy atom. The van der Waals surface area contributed by atoms with Crippen LogP contribution >= 0.6 is 11.6 Å². The van der Waals surface area contributed by atoms with Crippen LogP contribution in [0.1, 0.15) is 35.0 Å². The van der Waals surface area contributed by atoms with E-state index < -0.39 is 17.3 Å². The second-order valence-corrected chi connectivity index (χ2v) is 5.46. The summed E-state index contributed by atoms with van der Waals surface area (Å²) < 4.78 is 5.12. The van der Waals surface area contributed by atoms with Gasteiger partial charge in [-0.15, -0.1) is 0 Å². The Kier molecular flexibility index (Phi) is 4.15. The number of carbonyl (C=O) groups excluding carboxylic acids is 1. The standard InChI is InChI=1S/C16H11ClN4O3/c1-2-13-19-12(7-24-13)14(22)10(6-18)15-20-11-5-8(17)3-4-9(11)16(23)21-15/h3-5,7,10H,2H2,1H3,(H,20,21,23)/t10-/m0/s1. The molecule has 3 aromatic rings. The highest BCUT2D eigenvalue weighted by Crippen LogP contribution is 2.20. The van der Waals surface area contributed by atoms with Gasteiger partial charge in [-0.3, -0.25) is 9.59 Å². The molecule has 1 atom stereocenters. The van der Waals surface area contributed by atoms with E-state index in [1.807, 2.05) is 13.0 Å². The molecule has 0 saturated heterocycles. The fraction of sp³-hybridized carbons (Fsp3) is 0.188. The van der Waals surface area contributed by atoms with Crippen LogP contribution in [0.2, 0.25) is 5.02 Å². The predicted molar refractivity (Wildman–Crippen MR) is 85.9 cm³/mol. The number of ketones is 1. The average molecular weight is 343 g/mol. The SMILES string of the molecule is CCc1nc(C(=O)[C@H](C#N)c2nc3cc(Cl)ccc3c(=O)[nH]2)co1. The highest BCUT2D eigenvalue weighted by molar-refractivity contribution is 6.31. The quantitative estimate of drug-likeness (QED) is 0.729. The van der Waals surface area contributed by atoms with E-state index in [9.17, 15) is 14.9 Å². The van der Waals surface area contributed by atoms with E-state index in [-0.39, 0.29) is 11.5 Å². The Morgan fingerprint density at radius 3 is 2.92 bits per heavy atom. The van der Waals surface area contributed by atoms with Gasteiger partial charge in [0.1, 0.15) is 17.8 Å². The molecule has 0 spiro atoms. The molecule has 7 nitrogen and oxygen atoms in total. The third-order valence-electron chi connectivity index (χ3n) is 3.46. The van der Waals surface area contributed by atoms with E-state index in [0.717, 1.165) is 0 Å². The number of hydrogen-bond donors (Lipinski definition) is 1. The summed E-state index contributed by atoms with van der Waals surface area (Å²) in [5.41, 5.74) is -0.120. The van der Waals surface area contributed by atoms with Gasteiger partial charge in [0.25, 0.3) is 5.56 Å². The Balaban J connectivity index is 2.08. The molecule has 0 amide bonds. The van der Waals surface area contributed by atoms with Crippen LogP contribution in [0.3, 0.4) is 0 Å². The second-order valence-electron chi connectivity index (χ2n) is 5.02. The minimum Gasteiger partial charge on any atom is -0.448 e. The predicted octanol–water partition coefficient (Wildman–Crippen LogP) is 2.62. The lowest BCUT2D eigenvalue weighted by Gasteiger charge is -2.07. The van der Waals surface area contributed by atoms with E-state index in [1.165, 1.54) is 18.4 Å². The molecule has 0 unspecified atom stereocenters. The first-order chi connectivity index (χ1) is 11.5. The molecule has 0 aliphatic carbocycles. The Bertz CT molecular complexity index is 1030. The number of nitrogens with zero attached hydrogens (tertiary/aromatic N) is 3. The van der Waals surface area contributed by atoms with Crippen LogP contribution in [0, 0.1) is 11.3 Å². The topological polar surface area (TPSA) is 113 Å². The Morgan fingerprint density at radius 1 is 1.46 bits per heavy atom. The van der Waals surface area contributed by atoms with Crippen LogP contribution in [0.15, 0.2) is 33.7 Å². The molecule has 0 bridgehead atoms. The molecule has 0 aliphatic rings. The number of oxazole rings is 1. The van der Waals surface area contributed by atoms with Crippen molar-refractivity contribution in [1.82, 2.24) is 15.0 Å². The monoisotopic (exact) mass is 342 g/mol. The molecule has 8 heteroatoms. The summed E-state index contributed by atoms with van der Waals surface area (Å²) in [5.74, 6) is -1.55. The van der Waals surface area contributed by atoms with Gasteiger partial charge in [-0.25, -0.2) is 9.97 Å². The van der Waals surface area contributed by atoms with Crippen LogP contribution < -0.4 is 5.56 Å². The zero-order valence-electron chi connectivity index (χ0n) is 12.5. The van der Waals surface area contributed by atoms with Gasteiger partial charge < -0.3 is 9.40 Å². The smallest absolute Gasteiger partial charge is 0.258 e. The molecular formula is C16H11ClN4O3. The van der Waals surface area contributed by atoms with E-state index in [2.05, 4.69) is 15.0 Å². The van der Waals surface area contributed by atoms with Gasteiger partial charge in [0.2, 0.25) is 5.78 Å². The number of benzene rings is 1. The zero-order valence-corrected chi connectivity index (χ0v) is 13.3. The van der Waals surface area contributed by atoms with Crippen LogP contribution in [-0.2, 0) is 6.42 Å². The molecule has 0 saturated carbocycles. The summed E-state index contributed by atoms with van der Waals surface area (Å²) >= 11 is 5.91. The number of rotatable bonds is 4. The fourth-order valence-electron chi connectivity index (χ4n) is 2.25. The summed E-state index contributed by atoms with van der Waals surface area (Å²) in [4.78, 5) is 35.3. The zero-order chi connectivity index (χ0) is 17.3. The number of carbonyl (C=O) groups is 1. The molecule has 0 radical (unpaired) electrons. The fourth-order valence-corrected chi connectivity index (χ4v) is 2.41. The van der Waals surface area contributed by atoms with Gasteiger partial charge in [0.15, 0.2) is 11.8 Å². The van der Waals surface area contributed by atoms with Crippen molar-refractivity contribution < 1.29 is 9.21 Å². The average Bonchev–Trinajstić information content (AvgIpc) is 3.04. The van der Waals surface area contributed by atoms with Crippen molar-refractivity contribution in [2.45, 2.75) is 19.3 Å². The summed E-state index contributed by atoms with van der Waals surface area (Å²) in [6.45, 7) is 1.83. The third-order valence-corrected chi connectivity index (χ3v) is 3.69. The van der Waals surface area contributed by atoms with Crippen LogP contribution in [0.5, 0.6) is 0 Å². The molecule has 1 N–H and O–H groups in total. The van der Waals surface area contributed by atoms with Gasteiger partial charge in [-0.1, -0.05) is 18.5 Å². The van der Waals surface area contributed by atoms with Crippen molar-refractivity contribution in [2.24, 2.45) is 0 Å². The van der Waals surface area contributed by atoms with Crippen molar-refractivity contribution >= 4 is 28.3 Å². The van der Waals surface area contributed by atoms with Gasteiger partial charge in [0, 0.05) is 11.4 Å². The summed E-state index contributed by atoms with van der Waals surface area (Å²) in [6.07, 6.45) is 1.72. The molecule has 24 heavy (non-hydrogen) atoms. The first-order valence-electron chi connectivity index (χ1n) is 7.11. The lowest BCUT2D eigenvalue weighted by Crippen LogP contribution is -2.20. The third kappa shape index (κ3) is 2.79. The summed E-state index contributed by atoms with van der Waals surface area (Å²) in [6, 6.07) is 6.45. The van der Waals surface area contributed by atoms with Gasteiger partial charge in [-0.2, -0.15) is 5.26 Å². The van der Waals surface area contributed by atoms with Crippen molar-refractivity contribution in [3.63, 3.8) is 0 Å². The van der Waals surface area contributed by atoms with E-state index >= 15 is 0 Å². The van der Waals surface area contributed by atoms with Crippen molar-refractivity contribution in [3.05, 3.63) is 57.2 Å². The molecule has 120 valence electrons. The van der Waals surface area contributed by atoms with Crippen LogP contribution in [0.4, 0.5) is 0 Å². The number of H-pyrrole nitrogens is 1. The van der Waals surface area contributed by atoms with Crippen molar-refractivity contribution in [3.8, 4) is 6.07 Å². The minimum absolute atomic E-state index is 0.0206. The number of nitrogens with one attached hydrogen (secondary N) is 1. The Labute approximate surface area is 140 Å². The molecule has 2 heterocycles. The van der Waals surface area contributed by atoms with Crippen molar-refractivity contribution in [1.29, 1.82) is 5.26 Å². The maximum Gasteiger partial charge on any atom is 0.258 e. The minimum atomic E-state index is -1.30. The number of hydrogen-bond acceptors (Lipinski definition) is 6. The van der Waals surface area contributed by atoms with Gasteiger partial charge >= 0.3 is 0 Å². The molecule has 2 aromatic heterocycles. The number of nitriles is 1. The number of aromatic nitrogens is 3. The van der Waals surface area contributed by atoms with Gasteiger partial charge in [0.05, 0.1) is 17.0 Å². The molecule has 0 fully saturated rings. The largest absolute Gasteiger partial charge is 0.448 e. The lowest BCUT2D eigenvalue weighted by molar-refractivity contribution is 0.0971. The highest BCUT2D eigenvalue weighted by Gasteiger charge is 2.27. The molecular weight excluding hydrogens is 332 g/mol. The molecule has 0 aliphatic heterocycles. The van der Waals surface area contributed by atoms with E-state index in [0.29, 0.717) is 28.2 Å². The van der Waals surface area contributed by atoms with E-state index in [1.54, 1.807) is 6.07 Å². The number of aryl methyl sites for hydroxylation is 1. The van der Waals surface area contributed by atoms with E-state index in [4.69, 9.17) is 16.0 Å². The number of aromatic amines is 1. The number of halogens is 1. The maximum atomic E-state index is 12.5. The van der Waals surface area contributed by atoms with Crippen LogP contribution in [-0.4, -0.2) is 20.7 Å². The van der Waals surface area contributed by atoms with Crippen molar-refractivity contribution in [2.75, 3.05) is 0 Å². The first-order valence-corrected chi connectivity index (χ1v) is 7.49. The molecule has 1 aromatic carbocycles. The summed E-state index contributed by atoms with van der Waals surface area (Å²) in [5, 5.41) is 10.1. The lowest BCUT2D eigenvalue weighted by atomic mass is 10.0. The number of Topliss-reactive ketones (excluding diaryl/α,β-unsaturated/α-hetero) is 1. The normalized spacial score (nSPS) is 12.0. The molecule has 3 rings (SSSR count). The summed E-state index contributed by atoms with van der Waals surface area (Å²) in [7, 11) is 0. The Hall–Kier alpha value is -2.98. The maximum absolute atomic E-state index is 12.5. The van der Waals surface area contributed by atoms with Crippen LogP contribution in [0.25, 0.3) is 10.9 Å². The highest BCUT2D eigenvalue weighted by atomic mass is 35.5. The first kappa shape index (κ1) is 15.9. The number of fused-ring (bicyclic) bond motifs is 1. The van der Waals surface area contributed by atoms with Gasteiger partial charge in [-0.05, 0) is 18.2 Å². The second kappa shape index (κ2) is 6.26.